The van der Waals surface area contributed by atoms with Crippen LogP contribution in [0.3, 0.4) is 0 Å². The fourth-order valence-corrected chi connectivity index (χ4v) is 3.15. The van der Waals surface area contributed by atoms with Gasteiger partial charge in [-0.2, -0.15) is 13.2 Å². The third-order valence-corrected chi connectivity index (χ3v) is 4.42. The standard InChI is InChI=1S/C17H22F3NO2/c18-17(19,20)15(21)14(13-9-5-2-6-10-13)16(22)23-11-12-7-3-1-4-8-12/h1,3-4,7-8,13-15H,2,5-6,9-11,21H2/t14-,15-/m1/s1. The van der Waals surface area contributed by atoms with Crippen molar-refractivity contribution in [1.82, 2.24) is 0 Å². The molecule has 2 atom stereocenters. The highest BCUT2D eigenvalue weighted by Crippen LogP contribution is 2.36. The lowest BCUT2D eigenvalue weighted by Crippen LogP contribution is -2.50. The first-order valence-electron chi connectivity index (χ1n) is 7.92. The molecular weight excluding hydrogens is 307 g/mol. The Balaban J connectivity index is 2.07. The zero-order valence-electron chi connectivity index (χ0n) is 12.9. The molecule has 128 valence electrons. The molecule has 1 aromatic carbocycles. The Labute approximate surface area is 134 Å². The minimum atomic E-state index is -4.60. The summed E-state index contributed by atoms with van der Waals surface area (Å²) >= 11 is 0. The Bertz CT molecular complexity index is 498. The molecule has 0 unspecified atom stereocenters. The van der Waals surface area contributed by atoms with Gasteiger partial charge in [-0.15, -0.1) is 0 Å². The summed E-state index contributed by atoms with van der Waals surface area (Å²) < 4.78 is 44.3. The summed E-state index contributed by atoms with van der Waals surface area (Å²) in [7, 11) is 0. The van der Waals surface area contributed by atoms with Gasteiger partial charge < -0.3 is 10.5 Å². The van der Waals surface area contributed by atoms with Gasteiger partial charge in [0.05, 0.1) is 5.92 Å². The number of alkyl halides is 3. The molecule has 0 amide bonds. The third-order valence-electron chi connectivity index (χ3n) is 4.42. The van der Waals surface area contributed by atoms with E-state index >= 15 is 0 Å². The number of halogens is 3. The maximum Gasteiger partial charge on any atom is 0.404 e. The van der Waals surface area contributed by atoms with Gasteiger partial charge in [-0.25, -0.2) is 0 Å². The number of carbonyl (C=O) groups is 1. The lowest BCUT2D eigenvalue weighted by Gasteiger charge is -2.33. The van der Waals surface area contributed by atoms with Crippen LogP contribution in [0.4, 0.5) is 13.2 Å². The number of carbonyl (C=O) groups excluding carboxylic acids is 1. The maximum atomic E-state index is 13.0. The van der Waals surface area contributed by atoms with Crippen molar-refractivity contribution in [2.45, 2.75) is 50.9 Å². The highest BCUT2D eigenvalue weighted by Gasteiger charge is 2.48. The molecule has 1 aliphatic carbocycles. The zero-order valence-corrected chi connectivity index (χ0v) is 12.9. The van der Waals surface area contributed by atoms with E-state index in [0.29, 0.717) is 12.8 Å². The molecule has 2 rings (SSSR count). The van der Waals surface area contributed by atoms with E-state index in [4.69, 9.17) is 10.5 Å². The summed E-state index contributed by atoms with van der Waals surface area (Å²) in [6.45, 7) is -0.0343. The first-order valence-corrected chi connectivity index (χ1v) is 7.92. The third kappa shape index (κ3) is 4.96. The summed E-state index contributed by atoms with van der Waals surface area (Å²) in [6.07, 6.45) is -0.767. The fourth-order valence-electron chi connectivity index (χ4n) is 3.15. The van der Waals surface area contributed by atoms with E-state index in [1.165, 1.54) is 0 Å². The molecule has 0 spiro atoms. The van der Waals surface area contributed by atoms with E-state index < -0.39 is 24.1 Å². The van der Waals surface area contributed by atoms with Crippen LogP contribution in [0.15, 0.2) is 30.3 Å². The highest BCUT2D eigenvalue weighted by atomic mass is 19.4. The number of hydrogen-bond donors (Lipinski definition) is 1. The van der Waals surface area contributed by atoms with Crippen LogP contribution >= 0.6 is 0 Å². The molecule has 0 aromatic heterocycles. The molecule has 1 saturated carbocycles. The van der Waals surface area contributed by atoms with Gasteiger partial charge in [-0.3, -0.25) is 4.79 Å². The van der Waals surface area contributed by atoms with Gasteiger partial charge in [0, 0.05) is 0 Å². The van der Waals surface area contributed by atoms with E-state index in [9.17, 15) is 18.0 Å². The molecule has 1 fully saturated rings. The molecule has 6 heteroatoms. The molecule has 0 saturated heterocycles. The maximum absolute atomic E-state index is 13.0. The van der Waals surface area contributed by atoms with Crippen molar-refractivity contribution in [2.24, 2.45) is 17.6 Å². The summed E-state index contributed by atoms with van der Waals surface area (Å²) in [5.41, 5.74) is 6.11. The summed E-state index contributed by atoms with van der Waals surface area (Å²) in [5.74, 6) is -2.52. The summed E-state index contributed by atoms with van der Waals surface area (Å²) in [5, 5.41) is 0. The van der Waals surface area contributed by atoms with Gasteiger partial charge >= 0.3 is 12.1 Å². The molecule has 2 N–H and O–H groups in total. The molecule has 23 heavy (non-hydrogen) atoms. The average Bonchev–Trinajstić information content (AvgIpc) is 2.54. The van der Waals surface area contributed by atoms with Crippen LogP contribution in [-0.4, -0.2) is 18.2 Å². The van der Waals surface area contributed by atoms with Crippen LogP contribution < -0.4 is 5.73 Å². The molecule has 0 bridgehead atoms. The van der Waals surface area contributed by atoms with Crippen molar-refractivity contribution in [3.8, 4) is 0 Å². The smallest absolute Gasteiger partial charge is 0.404 e. The van der Waals surface area contributed by atoms with Crippen LogP contribution in [0.1, 0.15) is 37.7 Å². The minimum absolute atomic E-state index is 0.0343. The number of esters is 1. The van der Waals surface area contributed by atoms with Crippen molar-refractivity contribution < 1.29 is 22.7 Å². The van der Waals surface area contributed by atoms with Gasteiger partial charge in [-0.1, -0.05) is 49.6 Å². The van der Waals surface area contributed by atoms with E-state index in [0.717, 1.165) is 24.8 Å². The normalized spacial score (nSPS) is 19.1. The lowest BCUT2D eigenvalue weighted by atomic mass is 9.76. The van der Waals surface area contributed by atoms with Crippen molar-refractivity contribution in [1.29, 1.82) is 0 Å². The van der Waals surface area contributed by atoms with E-state index in [1.54, 1.807) is 24.3 Å². The number of rotatable bonds is 5. The molecule has 3 nitrogen and oxygen atoms in total. The SMILES string of the molecule is N[C@H]([C@H](C(=O)OCc1ccccc1)C1CCCCC1)C(F)(F)F. The Kier molecular flexibility index (Phi) is 6.04. The van der Waals surface area contributed by atoms with E-state index in [2.05, 4.69) is 0 Å². The lowest BCUT2D eigenvalue weighted by molar-refractivity contribution is -0.182. The predicted octanol–water partition coefficient (Wildman–Crippen LogP) is 3.82. The van der Waals surface area contributed by atoms with Gasteiger partial charge in [0.15, 0.2) is 0 Å². The minimum Gasteiger partial charge on any atom is -0.461 e. The average molecular weight is 329 g/mol. The molecular formula is C17H22F3NO2. The molecule has 0 heterocycles. The Morgan fingerprint density at radius 2 is 1.78 bits per heavy atom. The monoisotopic (exact) mass is 329 g/mol. The predicted molar refractivity (Wildman–Crippen MR) is 80.3 cm³/mol. The molecule has 0 radical (unpaired) electrons. The second-order valence-electron chi connectivity index (χ2n) is 6.08. The van der Waals surface area contributed by atoms with Crippen molar-refractivity contribution in [3.63, 3.8) is 0 Å². The molecule has 1 aliphatic rings. The Morgan fingerprint density at radius 1 is 1.17 bits per heavy atom. The van der Waals surface area contributed by atoms with Crippen LogP contribution in [0.25, 0.3) is 0 Å². The van der Waals surface area contributed by atoms with Crippen molar-refractivity contribution >= 4 is 5.97 Å². The van der Waals surface area contributed by atoms with E-state index in [-0.39, 0.29) is 12.5 Å². The Hall–Kier alpha value is -1.56. The van der Waals surface area contributed by atoms with E-state index in [1.807, 2.05) is 6.07 Å². The van der Waals surface area contributed by atoms with Crippen LogP contribution in [-0.2, 0) is 16.1 Å². The first kappa shape index (κ1) is 17.8. The quantitative estimate of drug-likeness (QED) is 0.836. The van der Waals surface area contributed by atoms with Crippen LogP contribution in [0, 0.1) is 11.8 Å². The fraction of sp³-hybridized carbons (Fsp3) is 0.588. The topological polar surface area (TPSA) is 52.3 Å². The van der Waals surface area contributed by atoms with Gasteiger partial charge in [0.2, 0.25) is 0 Å². The van der Waals surface area contributed by atoms with Crippen LogP contribution in [0.5, 0.6) is 0 Å². The van der Waals surface area contributed by atoms with Crippen LogP contribution in [0.2, 0.25) is 0 Å². The molecule has 1 aromatic rings. The van der Waals surface area contributed by atoms with Gasteiger partial charge in [0.1, 0.15) is 12.6 Å². The zero-order chi connectivity index (χ0) is 16.9. The molecule has 0 aliphatic heterocycles. The number of benzene rings is 1. The number of hydrogen-bond acceptors (Lipinski definition) is 3. The Morgan fingerprint density at radius 3 is 2.35 bits per heavy atom. The number of ether oxygens (including phenoxy) is 1. The number of nitrogens with two attached hydrogens (primary N) is 1. The first-order chi connectivity index (χ1) is 10.9. The summed E-state index contributed by atoms with van der Waals surface area (Å²) in [4.78, 5) is 12.3. The second-order valence-corrected chi connectivity index (χ2v) is 6.08. The van der Waals surface area contributed by atoms with Gasteiger partial charge in [-0.05, 0) is 24.3 Å². The van der Waals surface area contributed by atoms with Crippen molar-refractivity contribution in [2.75, 3.05) is 0 Å². The highest BCUT2D eigenvalue weighted by molar-refractivity contribution is 5.74. The largest absolute Gasteiger partial charge is 0.461 e. The van der Waals surface area contributed by atoms with Gasteiger partial charge in [0.25, 0.3) is 0 Å². The summed E-state index contributed by atoms with van der Waals surface area (Å²) in [6, 6.07) is 6.72. The second kappa shape index (κ2) is 7.81. The van der Waals surface area contributed by atoms with Crippen molar-refractivity contribution in [3.05, 3.63) is 35.9 Å².